The summed E-state index contributed by atoms with van der Waals surface area (Å²) in [7, 11) is 0. The van der Waals surface area contributed by atoms with Gasteiger partial charge in [0.2, 0.25) is 0 Å². The topological polar surface area (TPSA) is 49.9 Å². The van der Waals surface area contributed by atoms with E-state index in [0.29, 0.717) is 13.0 Å². The molecule has 5 heteroatoms. The van der Waals surface area contributed by atoms with Crippen molar-refractivity contribution in [3.8, 4) is 0 Å². The Morgan fingerprint density at radius 2 is 1.74 bits per heavy atom. The lowest BCUT2D eigenvalue weighted by Crippen LogP contribution is -2.61. The quantitative estimate of drug-likeness (QED) is 0.680. The molecule has 3 atom stereocenters. The van der Waals surface area contributed by atoms with E-state index in [1.807, 2.05) is 31.7 Å². The van der Waals surface area contributed by atoms with E-state index in [0.717, 1.165) is 19.3 Å². The van der Waals surface area contributed by atoms with Gasteiger partial charge in [-0.1, -0.05) is 32.9 Å². The summed E-state index contributed by atoms with van der Waals surface area (Å²) in [5.41, 5.74) is -1.70. The second-order valence-electron chi connectivity index (χ2n) is 9.84. The summed E-state index contributed by atoms with van der Waals surface area (Å²) in [6.07, 6.45) is 6.21. The number of hydrogen-bond donors (Lipinski definition) is 0. The standard InChI is InChI=1S/C22H36N2O3/c1-9-16-12-13-17(20(3,4)5)24(16)18(25)22(10-2)14-11-15-23(22)19(26)27-21(6,7)8/h9-10,16-17H,1-2,11-15H2,3-8H3/t16-,17?,22+/m1/s1. The zero-order valence-corrected chi connectivity index (χ0v) is 17.9. The molecule has 0 radical (unpaired) electrons. The lowest BCUT2D eigenvalue weighted by Gasteiger charge is -2.44. The Morgan fingerprint density at radius 3 is 2.22 bits per heavy atom. The molecule has 1 unspecified atom stereocenters. The zero-order valence-electron chi connectivity index (χ0n) is 17.9. The molecular weight excluding hydrogens is 340 g/mol. The molecule has 2 fully saturated rings. The van der Waals surface area contributed by atoms with Crippen molar-refractivity contribution in [2.75, 3.05) is 6.54 Å². The number of carbonyl (C=O) groups excluding carboxylic acids is 2. The number of hydrogen-bond acceptors (Lipinski definition) is 3. The first-order valence-corrected chi connectivity index (χ1v) is 9.97. The minimum atomic E-state index is -1.04. The number of rotatable bonds is 3. The highest BCUT2D eigenvalue weighted by molar-refractivity contribution is 5.93. The molecule has 0 saturated carbocycles. The maximum Gasteiger partial charge on any atom is 0.411 e. The Morgan fingerprint density at radius 1 is 1.11 bits per heavy atom. The molecule has 2 rings (SSSR count). The van der Waals surface area contributed by atoms with Crippen molar-refractivity contribution in [1.82, 2.24) is 9.80 Å². The van der Waals surface area contributed by atoms with Gasteiger partial charge in [0.25, 0.3) is 5.91 Å². The third-order valence-electron chi connectivity index (χ3n) is 5.68. The highest BCUT2D eigenvalue weighted by atomic mass is 16.6. The minimum absolute atomic E-state index is 0.0142. The third kappa shape index (κ3) is 4.07. The number of carbonyl (C=O) groups is 2. The van der Waals surface area contributed by atoms with Crippen molar-refractivity contribution in [1.29, 1.82) is 0 Å². The van der Waals surface area contributed by atoms with Crippen LogP contribution in [-0.2, 0) is 9.53 Å². The number of nitrogens with zero attached hydrogens (tertiary/aromatic N) is 2. The van der Waals surface area contributed by atoms with E-state index in [4.69, 9.17) is 4.74 Å². The van der Waals surface area contributed by atoms with E-state index in [1.165, 1.54) is 0 Å². The summed E-state index contributed by atoms with van der Waals surface area (Å²) in [6.45, 7) is 20.4. The Labute approximate surface area is 164 Å². The van der Waals surface area contributed by atoms with Crippen LogP contribution in [0.25, 0.3) is 0 Å². The predicted octanol–water partition coefficient (Wildman–Crippen LogP) is 4.53. The maximum absolute atomic E-state index is 13.9. The van der Waals surface area contributed by atoms with Crippen LogP contribution >= 0.6 is 0 Å². The summed E-state index contributed by atoms with van der Waals surface area (Å²) in [5.74, 6) is -0.0526. The smallest absolute Gasteiger partial charge is 0.411 e. The van der Waals surface area contributed by atoms with E-state index in [9.17, 15) is 9.59 Å². The van der Waals surface area contributed by atoms with Crippen LogP contribution in [0.15, 0.2) is 25.3 Å². The fourth-order valence-corrected chi connectivity index (χ4v) is 4.37. The predicted molar refractivity (Wildman–Crippen MR) is 108 cm³/mol. The molecule has 2 saturated heterocycles. The van der Waals surface area contributed by atoms with Crippen molar-refractivity contribution < 1.29 is 14.3 Å². The summed E-state index contributed by atoms with van der Waals surface area (Å²) >= 11 is 0. The van der Waals surface area contributed by atoms with Gasteiger partial charge in [0.1, 0.15) is 11.1 Å². The minimum Gasteiger partial charge on any atom is -0.444 e. The first kappa shape index (κ1) is 21.5. The molecule has 2 amide bonds. The summed E-state index contributed by atoms with van der Waals surface area (Å²) in [4.78, 5) is 30.2. The summed E-state index contributed by atoms with van der Waals surface area (Å²) in [6, 6.07) is 0.0885. The highest BCUT2D eigenvalue weighted by Crippen LogP contribution is 2.41. The number of likely N-dealkylation sites (tertiary alicyclic amines) is 2. The van der Waals surface area contributed by atoms with Gasteiger partial charge in [-0.3, -0.25) is 9.69 Å². The summed E-state index contributed by atoms with van der Waals surface area (Å²) < 4.78 is 5.59. The fourth-order valence-electron chi connectivity index (χ4n) is 4.37. The van der Waals surface area contributed by atoms with E-state index in [2.05, 4.69) is 33.9 Å². The Bertz CT molecular complexity index is 614. The molecule has 0 bridgehead atoms. The molecule has 2 aliphatic heterocycles. The van der Waals surface area contributed by atoms with Crippen molar-refractivity contribution in [2.45, 2.75) is 90.4 Å². The van der Waals surface area contributed by atoms with Gasteiger partial charge in [0.05, 0.1) is 6.04 Å². The number of amides is 2. The molecule has 0 spiro atoms. The molecular formula is C22H36N2O3. The molecule has 2 aliphatic rings. The molecule has 0 aliphatic carbocycles. The molecule has 152 valence electrons. The fraction of sp³-hybridized carbons (Fsp3) is 0.727. The SMILES string of the molecule is C=C[C@@H]1CCC(C(C)(C)C)N1C(=O)[C@]1(C=C)CCCN1C(=O)OC(C)(C)C. The van der Waals surface area contributed by atoms with Crippen LogP contribution in [0.3, 0.4) is 0 Å². The lowest BCUT2D eigenvalue weighted by atomic mass is 9.84. The van der Waals surface area contributed by atoms with Gasteiger partial charge in [0.15, 0.2) is 0 Å². The molecule has 0 aromatic heterocycles. The maximum atomic E-state index is 13.9. The van der Waals surface area contributed by atoms with Crippen LogP contribution in [0, 0.1) is 5.41 Å². The van der Waals surface area contributed by atoms with Gasteiger partial charge in [-0.25, -0.2) is 4.79 Å². The molecule has 0 aromatic rings. The molecule has 27 heavy (non-hydrogen) atoms. The molecule has 0 N–H and O–H groups in total. The van der Waals surface area contributed by atoms with Crippen molar-refractivity contribution in [3.05, 3.63) is 25.3 Å². The largest absolute Gasteiger partial charge is 0.444 e. The van der Waals surface area contributed by atoms with Crippen LogP contribution in [0.1, 0.15) is 67.2 Å². The Balaban J connectivity index is 2.41. The van der Waals surface area contributed by atoms with Gasteiger partial charge in [-0.15, -0.1) is 13.2 Å². The van der Waals surface area contributed by atoms with Crippen LogP contribution in [-0.4, -0.2) is 51.6 Å². The lowest BCUT2D eigenvalue weighted by molar-refractivity contribution is -0.144. The van der Waals surface area contributed by atoms with E-state index < -0.39 is 17.2 Å². The molecule has 2 heterocycles. The van der Waals surface area contributed by atoms with Crippen molar-refractivity contribution in [2.24, 2.45) is 5.41 Å². The van der Waals surface area contributed by atoms with Crippen molar-refractivity contribution in [3.63, 3.8) is 0 Å². The van der Waals surface area contributed by atoms with Crippen LogP contribution in [0.2, 0.25) is 0 Å². The first-order valence-electron chi connectivity index (χ1n) is 9.97. The van der Waals surface area contributed by atoms with E-state index >= 15 is 0 Å². The average molecular weight is 377 g/mol. The second kappa shape index (κ2) is 7.33. The first-order chi connectivity index (χ1) is 12.4. The van der Waals surface area contributed by atoms with Crippen LogP contribution in [0.5, 0.6) is 0 Å². The average Bonchev–Trinajstić information content (AvgIpc) is 3.16. The monoisotopic (exact) mass is 376 g/mol. The summed E-state index contributed by atoms with van der Waals surface area (Å²) in [5, 5.41) is 0. The molecule has 0 aromatic carbocycles. The van der Waals surface area contributed by atoms with Gasteiger partial charge >= 0.3 is 6.09 Å². The van der Waals surface area contributed by atoms with Gasteiger partial charge in [-0.05, 0) is 51.9 Å². The zero-order chi connectivity index (χ0) is 20.6. The van der Waals surface area contributed by atoms with E-state index in [-0.39, 0.29) is 23.4 Å². The van der Waals surface area contributed by atoms with Gasteiger partial charge < -0.3 is 9.64 Å². The number of ether oxygens (including phenoxy) is 1. The normalized spacial score (nSPS) is 29.0. The van der Waals surface area contributed by atoms with E-state index in [1.54, 1.807) is 11.0 Å². The van der Waals surface area contributed by atoms with Crippen LogP contribution < -0.4 is 0 Å². The second-order valence-corrected chi connectivity index (χ2v) is 9.84. The Kier molecular flexibility index (Phi) is 5.84. The van der Waals surface area contributed by atoms with Gasteiger partial charge in [-0.2, -0.15) is 0 Å². The van der Waals surface area contributed by atoms with Crippen LogP contribution in [0.4, 0.5) is 4.79 Å². The Hall–Kier alpha value is -1.78. The molecule has 5 nitrogen and oxygen atoms in total. The van der Waals surface area contributed by atoms with Gasteiger partial charge in [0, 0.05) is 12.6 Å². The van der Waals surface area contributed by atoms with Crippen molar-refractivity contribution >= 4 is 12.0 Å². The highest BCUT2D eigenvalue weighted by Gasteiger charge is 2.54. The third-order valence-corrected chi connectivity index (χ3v) is 5.68.